The molecule has 0 atom stereocenters. The number of ether oxygens (including phenoxy) is 1. The highest BCUT2D eigenvalue weighted by atomic mass is 19.1. The Balaban J connectivity index is 1.94. The van der Waals surface area contributed by atoms with Crippen LogP contribution < -0.4 is 10.3 Å². The first kappa shape index (κ1) is 17.7. The van der Waals surface area contributed by atoms with Crippen LogP contribution in [0.15, 0.2) is 59.8 Å². The first-order valence-electron chi connectivity index (χ1n) is 8.35. The number of hydrogen-bond donors (Lipinski definition) is 0. The van der Waals surface area contributed by atoms with Crippen molar-refractivity contribution in [2.45, 2.75) is 6.54 Å². The summed E-state index contributed by atoms with van der Waals surface area (Å²) in [6.45, 7) is 0.177. The molecule has 6 nitrogen and oxygen atoms in total. The molecule has 0 saturated heterocycles. The van der Waals surface area contributed by atoms with Crippen molar-refractivity contribution in [2.75, 3.05) is 7.11 Å². The van der Waals surface area contributed by atoms with Gasteiger partial charge >= 0.3 is 0 Å². The van der Waals surface area contributed by atoms with Gasteiger partial charge in [-0.3, -0.25) is 9.36 Å². The van der Waals surface area contributed by atoms with E-state index in [9.17, 15) is 13.6 Å². The molecule has 8 heteroatoms. The summed E-state index contributed by atoms with van der Waals surface area (Å²) in [6, 6.07) is 10.1. The van der Waals surface area contributed by atoms with Gasteiger partial charge in [-0.05, 0) is 29.8 Å². The van der Waals surface area contributed by atoms with Crippen molar-refractivity contribution < 1.29 is 13.5 Å². The van der Waals surface area contributed by atoms with Crippen molar-refractivity contribution in [1.29, 1.82) is 0 Å². The van der Waals surface area contributed by atoms with Gasteiger partial charge in [0, 0.05) is 11.6 Å². The molecular weight excluding hydrogens is 366 g/mol. The molecule has 2 heterocycles. The van der Waals surface area contributed by atoms with Crippen LogP contribution in [-0.4, -0.2) is 26.6 Å². The molecule has 0 amide bonds. The van der Waals surface area contributed by atoms with Crippen LogP contribution in [0, 0.1) is 11.6 Å². The normalized spacial score (nSPS) is 11.0. The van der Waals surface area contributed by atoms with E-state index < -0.39 is 17.2 Å². The second-order valence-electron chi connectivity index (χ2n) is 6.09. The molecule has 0 radical (unpaired) electrons. The summed E-state index contributed by atoms with van der Waals surface area (Å²) < 4.78 is 34.0. The van der Waals surface area contributed by atoms with E-state index in [1.54, 1.807) is 25.3 Å². The zero-order valence-corrected chi connectivity index (χ0v) is 14.8. The van der Waals surface area contributed by atoms with Gasteiger partial charge in [-0.25, -0.2) is 23.7 Å². The topological polar surface area (TPSA) is 69.9 Å². The third-order valence-electron chi connectivity index (χ3n) is 4.22. The van der Waals surface area contributed by atoms with E-state index in [2.05, 4.69) is 15.0 Å². The van der Waals surface area contributed by atoms with Crippen molar-refractivity contribution in [3.8, 4) is 17.0 Å². The third kappa shape index (κ3) is 3.32. The Kier molecular flexibility index (Phi) is 4.52. The molecule has 0 saturated carbocycles. The fourth-order valence-corrected chi connectivity index (χ4v) is 2.97. The molecule has 140 valence electrons. The van der Waals surface area contributed by atoms with Crippen LogP contribution in [0.2, 0.25) is 0 Å². The summed E-state index contributed by atoms with van der Waals surface area (Å²) in [5, 5.41) is 0. The van der Waals surface area contributed by atoms with Gasteiger partial charge in [0.05, 0.1) is 19.9 Å². The summed E-state index contributed by atoms with van der Waals surface area (Å²) in [5.41, 5.74) is 0.910. The van der Waals surface area contributed by atoms with Crippen molar-refractivity contribution in [1.82, 2.24) is 19.5 Å². The van der Waals surface area contributed by atoms with E-state index in [1.807, 2.05) is 6.07 Å². The number of rotatable bonds is 4. The van der Waals surface area contributed by atoms with E-state index in [0.717, 1.165) is 23.8 Å². The lowest BCUT2D eigenvalue weighted by Crippen LogP contribution is -2.25. The molecule has 28 heavy (non-hydrogen) atoms. The van der Waals surface area contributed by atoms with Crippen molar-refractivity contribution in [3.63, 3.8) is 0 Å². The quantitative estimate of drug-likeness (QED) is 0.544. The molecule has 0 aliphatic rings. The van der Waals surface area contributed by atoms with E-state index in [4.69, 9.17) is 4.74 Å². The Morgan fingerprint density at radius 3 is 2.64 bits per heavy atom. The van der Waals surface area contributed by atoms with Gasteiger partial charge in [0.15, 0.2) is 5.65 Å². The lowest BCUT2D eigenvalue weighted by Gasteiger charge is -2.12. The fraction of sp³-hybridized carbons (Fsp3) is 0.100. The lowest BCUT2D eigenvalue weighted by molar-refractivity contribution is 0.414. The number of hydrogen-bond acceptors (Lipinski definition) is 5. The van der Waals surface area contributed by atoms with Gasteiger partial charge in [-0.2, -0.15) is 0 Å². The fourth-order valence-electron chi connectivity index (χ4n) is 2.97. The number of aromatic nitrogens is 4. The summed E-state index contributed by atoms with van der Waals surface area (Å²) in [6.07, 6.45) is 2.76. The summed E-state index contributed by atoms with van der Waals surface area (Å²) >= 11 is 0. The molecule has 0 spiro atoms. The van der Waals surface area contributed by atoms with Crippen LogP contribution in [-0.2, 0) is 6.54 Å². The molecule has 2 aromatic carbocycles. The molecule has 0 fully saturated rings. The van der Waals surface area contributed by atoms with Gasteiger partial charge < -0.3 is 4.74 Å². The van der Waals surface area contributed by atoms with E-state index in [-0.39, 0.29) is 17.8 Å². The maximum absolute atomic E-state index is 13.7. The smallest absolute Gasteiger partial charge is 0.279 e. The van der Waals surface area contributed by atoms with Crippen molar-refractivity contribution in [3.05, 3.63) is 82.5 Å². The Bertz CT molecular complexity index is 1220. The Morgan fingerprint density at radius 1 is 1.11 bits per heavy atom. The number of benzene rings is 2. The largest absolute Gasteiger partial charge is 0.497 e. The van der Waals surface area contributed by atoms with E-state index >= 15 is 0 Å². The Morgan fingerprint density at radius 2 is 1.89 bits per heavy atom. The first-order valence-corrected chi connectivity index (χ1v) is 8.35. The van der Waals surface area contributed by atoms with Gasteiger partial charge in [0.1, 0.15) is 34.9 Å². The zero-order valence-electron chi connectivity index (χ0n) is 14.8. The highest BCUT2D eigenvalue weighted by Gasteiger charge is 2.16. The Labute approximate surface area is 158 Å². The first-order chi connectivity index (χ1) is 13.5. The number of methoxy groups -OCH3 is 1. The second-order valence-corrected chi connectivity index (χ2v) is 6.09. The van der Waals surface area contributed by atoms with Crippen molar-refractivity contribution >= 4 is 11.2 Å². The monoisotopic (exact) mass is 380 g/mol. The van der Waals surface area contributed by atoms with Crippen LogP contribution in [0.5, 0.6) is 5.75 Å². The highest BCUT2D eigenvalue weighted by Crippen LogP contribution is 2.20. The SMILES string of the molecule is COc1cccc(Cn2c(=O)c(-c3cc(F)cc(F)c3)nc3cncnc32)c1. The Hall–Kier alpha value is -3.68. The average Bonchev–Trinajstić information content (AvgIpc) is 2.69. The lowest BCUT2D eigenvalue weighted by atomic mass is 10.1. The predicted molar refractivity (Wildman–Crippen MR) is 99.0 cm³/mol. The van der Waals surface area contributed by atoms with Crippen LogP contribution in [0.25, 0.3) is 22.4 Å². The van der Waals surface area contributed by atoms with Crippen LogP contribution in [0.4, 0.5) is 8.78 Å². The molecule has 0 N–H and O–H groups in total. The van der Waals surface area contributed by atoms with E-state index in [1.165, 1.54) is 17.1 Å². The minimum Gasteiger partial charge on any atom is -0.497 e. The summed E-state index contributed by atoms with van der Waals surface area (Å²) in [5.74, 6) is -0.939. The minimum atomic E-state index is -0.792. The van der Waals surface area contributed by atoms with Crippen molar-refractivity contribution in [2.24, 2.45) is 0 Å². The minimum absolute atomic E-state index is 0.0487. The molecule has 4 aromatic rings. The van der Waals surface area contributed by atoms with Gasteiger partial charge in [-0.1, -0.05) is 12.1 Å². The molecule has 2 aromatic heterocycles. The molecule has 0 bridgehead atoms. The number of halogens is 2. The van der Waals surface area contributed by atoms with E-state index in [0.29, 0.717) is 16.9 Å². The number of nitrogens with zero attached hydrogens (tertiary/aromatic N) is 4. The third-order valence-corrected chi connectivity index (χ3v) is 4.22. The molecule has 4 rings (SSSR count). The second kappa shape index (κ2) is 7.15. The molecule has 0 aliphatic heterocycles. The molecular formula is C20H14F2N4O2. The van der Waals surface area contributed by atoms with Gasteiger partial charge in [0.25, 0.3) is 5.56 Å². The maximum Gasteiger partial charge on any atom is 0.279 e. The standard InChI is InChI=1S/C20H14F2N4O2/c1-28-16-4-2-3-12(5-16)10-26-19-17(9-23-11-24-19)25-18(20(26)27)13-6-14(21)8-15(22)7-13/h2-9,11H,10H2,1H3. The molecule has 0 aliphatic carbocycles. The predicted octanol–water partition coefficient (Wildman–Crippen LogP) is 3.19. The maximum atomic E-state index is 13.7. The zero-order chi connectivity index (χ0) is 19.7. The molecule has 0 unspecified atom stereocenters. The van der Waals surface area contributed by atoms with Crippen LogP contribution in [0.3, 0.4) is 0 Å². The number of fused-ring (bicyclic) bond motifs is 1. The summed E-state index contributed by atoms with van der Waals surface area (Å²) in [4.78, 5) is 25.5. The highest BCUT2D eigenvalue weighted by molar-refractivity contribution is 5.73. The van der Waals surface area contributed by atoms with Crippen LogP contribution in [0.1, 0.15) is 5.56 Å². The average molecular weight is 380 g/mol. The summed E-state index contributed by atoms with van der Waals surface area (Å²) in [7, 11) is 1.55. The van der Waals surface area contributed by atoms with Crippen LogP contribution >= 0.6 is 0 Å². The van der Waals surface area contributed by atoms with Gasteiger partial charge in [-0.15, -0.1) is 0 Å². The van der Waals surface area contributed by atoms with Gasteiger partial charge in [0.2, 0.25) is 0 Å².